The van der Waals surface area contributed by atoms with Gasteiger partial charge in [0.2, 0.25) is 0 Å². The molecule has 0 aliphatic rings. The van der Waals surface area contributed by atoms with Gasteiger partial charge in [-0.3, -0.25) is 4.79 Å². The van der Waals surface area contributed by atoms with Gasteiger partial charge in [-0.15, -0.1) is 0 Å². The van der Waals surface area contributed by atoms with Crippen LogP contribution in [0.15, 0.2) is 24.4 Å². The fourth-order valence-corrected chi connectivity index (χ4v) is 1.98. The average molecular weight is 218 g/mol. The normalized spacial score (nSPS) is 12.8. The van der Waals surface area contributed by atoms with E-state index in [1.807, 2.05) is 19.1 Å². The molecule has 1 atom stereocenters. The van der Waals surface area contributed by atoms with Crippen molar-refractivity contribution in [1.82, 2.24) is 4.98 Å². The minimum Gasteiger partial charge on any atom is -0.481 e. The molecule has 0 saturated heterocycles. The van der Waals surface area contributed by atoms with Crippen molar-refractivity contribution in [3.63, 3.8) is 0 Å². The maximum Gasteiger partial charge on any atom is 0.311 e. The van der Waals surface area contributed by atoms with Crippen LogP contribution in [0.3, 0.4) is 0 Å². The molecule has 2 rings (SSSR count). The summed E-state index contributed by atoms with van der Waals surface area (Å²) in [5.41, 5.74) is 8.08. The fourth-order valence-electron chi connectivity index (χ4n) is 1.98. The Morgan fingerprint density at radius 2 is 2.31 bits per heavy atom. The van der Waals surface area contributed by atoms with Gasteiger partial charge in [0.1, 0.15) is 0 Å². The Kier molecular flexibility index (Phi) is 2.56. The van der Waals surface area contributed by atoms with E-state index < -0.39 is 11.9 Å². The van der Waals surface area contributed by atoms with Gasteiger partial charge in [0.05, 0.1) is 5.92 Å². The molecule has 0 bridgehead atoms. The Morgan fingerprint density at radius 3 is 2.94 bits per heavy atom. The van der Waals surface area contributed by atoms with Crippen LogP contribution in [0.25, 0.3) is 10.9 Å². The summed E-state index contributed by atoms with van der Waals surface area (Å²) in [6.45, 7) is 1.86. The zero-order valence-electron chi connectivity index (χ0n) is 9.03. The molecule has 0 fully saturated rings. The third-order valence-corrected chi connectivity index (χ3v) is 2.82. The number of carbonyl (C=O) groups is 1. The lowest BCUT2D eigenvalue weighted by atomic mass is 9.96. The molecule has 0 amide bonds. The predicted molar refractivity (Wildman–Crippen MR) is 63.4 cm³/mol. The van der Waals surface area contributed by atoms with Crippen molar-refractivity contribution in [1.29, 1.82) is 0 Å². The number of aliphatic carboxylic acids is 1. The summed E-state index contributed by atoms with van der Waals surface area (Å²) in [7, 11) is 0. The molecule has 1 heterocycles. The minimum atomic E-state index is -0.800. The lowest BCUT2D eigenvalue weighted by molar-refractivity contribution is -0.138. The SMILES string of the molecule is CCC(C(=O)O)c1c[nH]c2ccc(N)cc12. The molecule has 4 nitrogen and oxygen atoms in total. The Bertz CT molecular complexity index is 531. The summed E-state index contributed by atoms with van der Waals surface area (Å²) in [5, 5.41) is 10.0. The number of fused-ring (bicyclic) bond motifs is 1. The van der Waals surface area contributed by atoms with E-state index in [1.54, 1.807) is 12.3 Å². The molecule has 0 radical (unpaired) electrons. The summed E-state index contributed by atoms with van der Waals surface area (Å²) in [4.78, 5) is 14.2. The van der Waals surface area contributed by atoms with E-state index in [0.29, 0.717) is 12.1 Å². The van der Waals surface area contributed by atoms with E-state index in [9.17, 15) is 4.79 Å². The Morgan fingerprint density at radius 1 is 1.56 bits per heavy atom. The molecule has 1 unspecified atom stereocenters. The maximum absolute atomic E-state index is 11.1. The van der Waals surface area contributed by atoms with Crippen molar-refractivity contribution in [2.45, 2.75) is 19.3 Å². The molecule has 4 N–H and O–H groups in total. The van der Waals surface area contributed by atoms with E-state index in [-0.39, 0.29) is 0 Å². The van der Waals surface area contributed by atoms with Gasteiger partial charge in [0, 0.05) is 22.8 Å². The standard InChI is InChI=1S/C12H14N2O2/c1-2-8(12(15)16)10-6-14-11-4-3-7(13)5-9(10)11/h3-6,8,14H,2,13H2,1H3,(H,15,16). The Labute approximate surface area is 93.1 Å². The number of rotatable bonds is 3. The number of H-pyrrole nitrogens is 1. The highest BCUT2D eigenvalue weighted by molar-refractivity contribution is 5.91. The van der Waals surface area contributed by atoms with E-state index in [0.717, 1.165) is 16.5 Å². The Balaban J connectivity index is 2.59. The number of aromatic nitrogens is 1. The van der Waals surface area contributed by atoms with Crippen molar-refractivity contribution in [3.8, 4) is 0 Å². The van der Waals surface area contributed by atoms with Crippen LogP contribution in [0.4, 0.5) is 5.69 Å². The lowest BCUT2D eigenvalue weighted by Gasteiger charge is -2.08. The summed E-state index contributed by atoms with van der Waals surface area (Å²) in [6.07, 6.45) is 2.32. The second-order valence-electron chi connectivity index (χ2n) is 3.85. The van der Waals surface area contributed by atoms with Crippen molar-refractivity contribution < 1.29 is 9.90 Å². The number of anilines is 1. The lowest BCUT2D eigenvalue weighted by Crippen LogP contribution is -2.09. The van der Waals surface area contributed by atoms with E-state index >= 15 is 0 Å². The molecular formula is C12H14N2O2. The predicted octanol–water partition coefficient (Wildman–Crippen LogP) is 2.33. The number of nitrogens with two attached hydrogens (primary N) is 1. The number of benzene rings is 1. The molecule has 2 aromatic rings. The smallest absolute Gasteiger partial charge is 0.311 e. The van der Waals surface area contributed by atoms with Crippen LogP contribution in [0.1, 0.15) is 24.8 Å². The molecule has 1 aromatic heterocycles. The van der Waals surface area contributed by atoms with E-state index in [1.165, 1.54) is 0 Å². The summed E-state index contributed by atoms with van der Waals surface area (Å²) in [5.74, 6) is -1.28. The topological polar surface area (TPSA) is 79.1 Å². The fraction of sp³-hybridized carbons (Fsp3) is 0.250. The van der Waals surface area contributed by atoms with Crippen LogP contribution in [0.5, 0.6) is 0 Å². The second-order valence-corrected chi connectivity index (χ2v) is 3.85. The Hall–Kier alpha value is -1.97. The molecule has 1 aromatic carbocycles. The van der Waals surface area contributed by atoms with Crippen LogP contribution in [-0.4, -0.2) is 16.1 Å². The molecule has 0 saturated carbocycles. The number of nitrogens with one attached hydrogen (secondary N) is 1. The maximum atomic E-state index is 11.1. The van der Waals surface area contributed by atoms with Gasteiger partial charge in [-0.2, -0.15) is 0 Å². The zero-order chi connectivity index (χ0) is 11.7. The third kappa shape index (κ3) is 1.62. The number of hydrogen-bond donors (Lipinski definition) is 3. The molecular weight excluding hydrogens is 204 g/mol. The van der Waals surface area contributed by atoms with Gasteiger partial charge in [-0.25, -0.2) is 0 Å². The first-order valence-corrected chi connectivity index (χ1v) is 5.22. The van der Waals surface area contributed by atoms with Gasteiger partial charge < -0.3 is 15.8 Å². The summed E-state index contributed by atoms with van der Waals surface area (Å²) in [6, 6.07) is 5.47. The number of aromatic amines is 1. The first kappa shape index (κ1) is 10.5. The second kappa shape index (κ2) is 3.89. The number of carboxylic acid groups (broad SMARTS) is 1. The first-order chi connectivity index (χ1) is 7.63. The van der Waals surface area contributed by atoms with Crippen LogP contribution in [0.2, 0.25) is 0 Å². The monoisotopic (exact) mass is 218 g/mol. The zero-order valence-corrected chi connectivity index (χ0v) is 9.03. The van der Waals surface area contributed by atoms with E-state index in [2.05, 4.69) is 4.98 Å². The van der Waals surface area contributed by atoms with Gasteiger partial charge >= 0.3 is 5.97 Å². The van der Waals surface area contributed by atoms with Crippen LogP contribution < -0.4 is 5.73 Å². The van der Waals surface area contributed by atoms with E-state index in [4.69, 9.17) is 10.8 Å². The van der Waals surface area contributed by atoms with Crippen molar-refractivity contribution in [2.75, 3.05) is 5.73 Å². The van der Waals surface area contributed by atoms with Crippen molar-refractivity contribution >= 4 is 22.6 Å². The highest BCUT2D eigenvalue weighted by Crippen LogP contribution is 2.29. The average Bonchev–Trinajstić information content (AvgIpc) is 2.62. The van der Waals surface area contributed by atoms with Crippen molar-refractivity contribution in [2.24, 2.45) is 0 Å². The molecule has 0 aliphatic carbocycles. The van der Waals surface area contributed by atoms with Gasteiger partial charge in [0.25, 0.3) is 0 Å². The minimum absolute atomic E-state index is 0.476. The summed E-state index contributed by atoms with van der Waals surface area (Å²) < 4.78 is 0. The molecule has 16 heavy (non-hydrogen) atoms. The third-order valence-electron chi connectivity index (χ3n) is 2.82. The number of hydrogen-bond acceptors (Lipinski definition) is 2. The largest absolute Gasteiger partial charge is 0.481 e. The van der Waals surface area contributed by atoms with Crippen LogP contribution >= 0.6 is 0 Å². The van der Waals surface area contributed by atoms with Crippen LogP contribution in [-0.2, 0) is 4.79 Å². The molecule has 84 valence electrons. The molecule has 0 spiro atoms. The number of carboxylic acids is 1. The van der Waals surface area contributed by atoms with Gasteiger partial charge in [-0.1, -0.05) is 6.92 Å². The molecule has 4 heteroatoms. The highest BCUT2D eigenvalue weighted by Gasteiger charge is 2.20. The van der Waals surface area contributed by atoms with Crippen LogP contribution in [0, 0.1) is 0 Å². The first-order valence-electron chi connectivity index (χ1n) is 5.22. The summed E-state index contributed by atoms with van der Waals surface area (Å²) >= 11 is 0. The highest BCUT2D eigenvalue weighted by atomic mass is 16.4. The molecule has 0 aliphatic heterocycles. The van der Waals surface area contributed by atoms with Crippen molar-refractivity contribution in [3.05, 3.63) is 30.0 Å². The number of nitrogen functional groups attached to an aromatic ring is 1. The van der Waals surface area contributed by atoms with Gasteiger partial charge in [0.15, 0.2) is 0 Å². The quantitative estimate of drug-likeness (QED) is 0.692. The van der Waals surface area contributed by atoms with Gasteiger partial charge in [-0.05, 0) is 30.2 Å².